The van der Waals surface area contributed by atoms with E-state index < -0.39 is 11.8 Å². The predicted octanol–water partition coefficient (Wildman–Crippen LogP) is 3.03. The molecule has 1 saturated heterocycles. The van der Waals surface area contributed by atoms with Crippen molar-refractivity contribution in [3.05, 3.63) is 90.0 Å². The molecule has 1 aliphatic rings. The van der Waals surface area contributed by atoms with E-state index in [1.165, 1.54) is 12.1 Å². The third kappa shape index (κ3) is 5.07. The average Bonchev–Trinajstić information content (AvgIpc) is 3.22. The molecule has 0 radical (unpaired) electrons. The van der Waals surface area contributed by atoms with Crippen LogP contribution in [-0.2, 0) is 9.59 Å². The van der Waals surface area contributed by atoms with E-state index in [0.29, 0.717) is 29.0 Å². The predicted molar refractivity (Wildman–Crippen MR) is 125 cm³/mol. The first kappa shape index (κ1) is 21.8. The average molecular weight is 442 g/mol. The van der Waals surface area contributed by atoms with Gasteiger partial charge in [0.25, 0.3) is 5.91 Å². The summed E-state index contributed by atoms with van der Waals surface area (Å²) in [4.78, 5) is 50.2. The molecular weight excluding hydrogens is 420 g/mol. The van der Waals surface area contributed by atoms with Gasteiger partial charge in [-0.2, -0.15) is 0 Å². The molecule has 0 saturated carbocycles. The minimum atomic E-state index is -0.541. The van der Waals surface area contributed by atoms with Crippen molar-refractivity contribution in [3.63, 3.8) is 0 Å². The van der Waals surface area contributed by atoms with Crippen LogP contribution in [0.5, 0.6) is 0 Å². The van der Waals surface area contributed by atoms with Crippen LogP contribution in [0, 0.1) is 5.92 Å². The minimum absolute atomic E-state index is 0.0859. The van der Waals surface area contributed by atoms with Crippen LogP contribution in [-0.4, -0.2) is 30.2 Å². The number of anilines is 3. The van der Waals surface area contributed by atoms with E-state index in [1.54, 1.807) is 41.3 Å². The van der Waals surface area contributed by atoms with Crippen LogP contribution in [0.25, 0.3) is 0 Å². The van der Waals surface area contributed by atoms with Crippen LogP contribution in [0.15, 0.2) is 78.9 Å². The lowest BCUT2D eigenvalue weighted by Gasteiger charge is -2.16. The number of carbonyl (C=O) groups excluding carboxylic acids is 4. The van der Waals surface area contributed by atoms with Gasteiger partial charge in [-0.25, -0.2) is 0 Å². The molecule has 166 valence electrons. The Balaban J connectivity index is 1.34. The molecule has 0 spiro atoms. The first-order valence-corrected chi connectivity index (χ1v) is 10.4. The van der Waals surface area contributed by atoms with Crippen molar-refractivity contribution >= 4 is 40.7 Å². The van der Waals surface area contributed by atoms with E-state index in [-0.39, 0.29) is 24.1 Å². The Morgan fingerprint density at radius 2 is 1.36 bits per heavy atom. The largest absolute Gasteiger partial charge is 0.366 e. The highest BCUT2D eigenvalue weighted by atomic mass is 16.2. The van der Waals surface area contributed by atoms with Crippen LogP contribution in [0.1, 0.15) is 27.1 Å². The molecule has 1 heterocycles. The lowest BCUT2D eigenvalue weighted by atomic mass is 10.1. The van der Waals surface area contributed by atoms with Gasteiger partial charge >= 0.3 is 0 Å². The van der Waals surface area contributed by atoms with Crippen molar-refractivity contribution in [2.75, 3.05) is 22.1 Å². The molecular formula is C25H22N4O4. The number of nitrogens with zero attached hydrogens (tertiary/aromatic N) is 1. The maximum Gasteiger partial charge on any atom is 0.255 e. The van der Waals surface area contributed by atoms with E-state index in [2.05, 4.69) is 10.6 Å². The van der Waals surface area contributed by atoms with Crippen LogP contribution < -0.4 is 21.3 Å². The third-order valence-corrected chi connectivity index (χ3v) is 5.41. The number of amides is 4. The molecule has 0 aliphatic carbocycles. The van der Waals surface area contributed by atoms with Crippen molar-refractivity contribution in [1.29, 1.82) is 0 Å². The Morgan fingerprint density at radius 1 is 0.788 bits per heavy atom. The molecule has 1 aliphatic heterocycles. The molecule has 3 aromatic carbocycles. The lowest BCUT2D eigenvalue weighted by Crippen LogP contribution is -2.28. The number of benzene rings is 3. The molecule has 3 aromatic rings. The summed E-state index contributed by atoms with van der Waals surface area (Å²) in [6, 6.07) is 22.0. The Morgan fingerprint density at radius 3 is 1.97 bits per heavy atom. The van der Waals surface area contributed by atoms with Crippen LogP contribution in [0.4, 0.5) is 17.1 Å². The van der Waals surface area contributed by atoms with E-state index in [9.17, 15) is 19.2 Å². The van der Waals surface area contributed by atoms with E-state index in [0.717, 1.165) is 5.69 Å². The molecule has 1 fully saturated rings. The molecule has 8 heteroatoms. The summed E-state index contributed by atoms with van der Waals surface area (Å²) < 4.78 is 0. The summed E-state index contributed by atoms with van der Waals surface area (Å²) in [5.41, 5.74) is 7.80. The Labute approximate surface area is 190 Å². The molecule has 0 aromatic heterocycles. The van der Waals surface area contributed by atoms with E-state index in [1.807, 2.05) is 30.3 Å². The quantitative estimate of drug-likeness (QED) is 0.543. The number of carbonyl (C=O) groups is 4. The van der Waals surface area contributed by atoms with Gasteiger partial charge in [-0.3, -0.25) is 19.2 Å². The highest BCUT2D eigenvalue weighted by Crippen LogP contribution is 2.26. The van der Waals surface area contributed by atoms with Gasteiger partial charge in [0.1, 0.15) is 0 Å². The Hall–Kier alpha value is -4.46. The van der Waals surface area contributed by atoms with Crippen molar-refractivity contribution in [2.24, 2.45) is 11.7 Å². The standard InChI is InChI=1S/C25H22N4O4/c26-23(31)16-6-10-19(11-7-16)27-24(32)17-8-12-20(13-9-17)28-25(33)18-14-22(30)29(15-18)21-4-2-1-3-5-21/h1-13,18H,14-15H2,(H2,26,31)(H,27,32)(H,28,33). The molecule has 4 rings (SSSR count). The molecule has 4 amide bonds. The summed E-state index contributed by atoms with van der Waals surface area (Å²) in [5, 5.41) is 5.55. The van der Waals surface area contributed by atoms with Crippen LogP contribution in [0.3, 0.4) is 0 Å². The summed E-state index contributed by atoms with van der Waals surface area (Å²) >= 11 is 0. The third-order valence-electron chi connectivity index (χ3n) is 5.41. The molecule has 33 heavy (non-hydrogen) atoms. The number of nitrogens with two attached hydrogens (primary N) is 1. The van der Waals surface area contributed by atoms with Crippen molar-refractivity contribution < 1.29 is 19.2 Å². The number of hydrogen-bond acceptors (Lipinski definition) is 4. The number of hydrogen-bond donors (Lipinski definition) is 3. The minimum Gasteiger partial charge on any atom is -0.366 e. The Bertz CT molecular complexity index is 1190. The van der Waals surface area contributed by atoms with Crippen molar-refractivity contribution in [3.8, 4) is 0 Å². The first-order chi connectivity index (χ1) is 15.9. The van der Waals surface area contributed by atoms with Gasteiger partial charge < -0.3 is 21.3 Å². The zero-order valence-electron chi connectivity index (χ0n) is 17.7. The zero-order chi connectivity index (χ0) is 23.4. The second-order valence-electron chi connectivity index (χ2n) is 7.70. The SMILES string of the molecule is NC(=O)c1ccc(NC(=O)c2ccc(NC(=O)C3CC(=O)N(c4ccccc4)C3)cc2)cc1. The van der Waals surface area contributed by atoms with Crippen LogP contribution in [0.2, 0.25) is 0 Å². The first-order valence-electron chi connectivity index (χ1n) is 10.4. The van der Waals surface area contributed by atoms with E-state index >= 15 is 0 Å². The highest BCUT2D eigenvalue weighted by Gasteiger charge is 2.35. The Kier molecular flexibility index (Phi) is 6.17. The molecule has 4 N–H and O–H groups in total. The van der Waals surface area contributed by atoms with Gasteiger partial charge in [0.2, 0.25) is 17.7 Å². The molecule has 1 atom stereocenters. The normalized spacial score (nSPS) is 15.2. The lowest BCUT2D eigenvalue weighted by molar-refractivity contribution is -0.122. The van der Waals surface area contributed by atoms with Crippen molar-refractivity contribution in [1.82, 2.24) is 0 Å². The number of rotatable bonds is 6. The summed E-state index contributed by atoms with van der Waals surface area (Å²) in [6.07, 6.45) is 0.149. The van der Waals surface area contributed by atoms with Crippen molar-refractivity contribution in [2.45, 2.75) is 6.42 Å². The zero-order valence-corrected chi connectivity index (χ0v) is 17.7. The topological polar surface area (TPSA) is 122 Å². The highest BCUT2D eigenvalue weighted by molar-refractivity contribution is 6.06. The smallest absolute Gasteiger partial charge is 0.255 e. The summed E-state index contributed by atoms with van der Waals surface area (Å²) in [7, 11) is 0. The number of nitrogens with one attached hydrogen (secondary N) is 2. The van der Waals surface area contributed by atoms with Gasteiger partial charge in [0, 0.05) is 41.2 Å². The molecule has 1 unspecified atom stereocenters. The monoisotopic (exact) mass is 442 g/mol. The fourth-order valence-electron chi connectivity index (χ4n) is 3.61. The molecule has 0 bridgehead atoms. The fraction of sp³-hybridized carbons (Fsp3) is 0.120. The maximum absolute atomic E-state index is 12.7. The maximum atomic E-state index is 12.7. The van der Waals surface area contributed by atoms with E-state index in [4.69, 9.17) is 5.73 Å². The second kappa shape index (κ2) is 9.35. The van der Waals surface area contributed by atoms with Gasteiger partial charge in [0.05, 0.1) is 5.92 Å². The van der Waals surface area contributed by atoms with Gasteiger partial charge in [-0.1, -0.05) is 18.2 Å². The summed E-state index contributed by atoms with van der Waals surface area (Å²) in [5.74, 6) is -1.66. The number of para-hydroxylation sites is 1. The fourth-order valence-corrected chi connectivity index (χ4v) is 3.61. The number of primary amides is 1. The van der Waals surface area contributed by atoms with Crippen LogP contribution >= 0.6 is 0 Å². The molecule has 8 nitrogen and oxygen atoms in total. The van der Waals surface area contributed by atoms with Gasteiger partial charge in [-0.15, -0.1) is 0 Å². The summed E-state index contributed by atoms with van der Waals surface area (Å²) in [6.45, 7) is 0.323. The van der Waals surface area contributed by atoms with Gasteiger partial charge in [-0.05, 0) is 60.7 Å². The van der Waals surface area contributed by atoms with Gasteiger partial charge in [0.15, 0.2) is 0 Å². The second-order valence-corrected chi connectivity index (χ2v) is 7.70.